The number of halogens is 2. The van der Waals surface area contributed by atoms with Crippen LogP contribution in [0, 0.1) is 0 Å². The van der Waals surface area contributed by atoms with Crippen molar-refractivity contribution < 1.29 is 9.18 Å². The first-order valence-electron chi connectivity index (χ1n) is 5.79. The minimum atomic E-state index is -0.667. The molecule has 1 unspecified atom stereocenters. The van der Waals surface area contributed by atoms with Crippen molar-refractivity contribution in [3.8, 4) is 5.69 Å². The molecular weight excluding hydrogens is 303 g/mol. The Kier molecular flexibility index (Phi) is 4.97. The van der Waals surface area contributed by atoms with E-state index in [2.05, 4.69) is 28.0 Å². The number of anilines is 1. The Bertz CT molecular complexity index is 592. The van der Waals surface area contributed by atoms with E-state index in [0.717, 1.165) is 0 Å². The Morgan fingerprint density at radius 3 is 3.05 bits per heavy atom. The zero-order valence-electron chi connectivity index (χ0n) is 10.3. The Hall–Kier alpha value is -1.60. The molecule has 0 aliphatic heterocycles. The first kappa shape index (κ1) is 14.8. The summed E-state index contributed by atoms with van der Waals surface area (Å²) in [5, 5.41) is 6.17. The summed E-state index contributed by atoms with van der Waals surface area (Å²) in [4.78, 5) is 15.6. The van der Waals surface area contributed by atoms with E-state index in [1.54, 1.807) is 30.7 Å². The number of pyridine rings is 1. The molecule has 0 aliphatic rings. The van der Waals surface area contributed by atoms with Gasteiger partial charge in [0.2, 0.25) is 5.91 Å². The molecule has 0 aliphatic carbocycles. The molecule has 0 radical (unpaired) electrons. The first-order valence-corrected chi connectivity index (χ1v) is 6.69. The fraction of sp³-hybridized carbons (Fsp3) is 0.250. The molecule has 8 heteroatoms. The van der Waals surface area contributed by atoms with Gasteiger partial charge in [-0.3, -0.25) is 9.78 Å². The van der Waals surface area contributed by atoms with Gasteiger partial charge in [-0.1, -0.05) is 11.6 Å². The Morgan fingerprint density at radius 1 is 1.60 bits per heavy atom. The minimum Gasteiger partial charge on any atom is -0.322 e. The number of carbonyl (C=O) groups is 1. The van der Waals surface area contributed by atoms with Crippen LogP contribution in [0.3, 0.4) is 0 Å². The molecule has 2 heterocycles. The predicted molar refractivity (Wildman–Crippen MR) is 78.4 cm³/mol. The second-order valence-corrected chi connectivity index (χ2v) is 5.14. The molecule has 0 saturated carbocycles. The van der Waals surface area contributed by atoms with Gasteiger partial charge in [0.25, 0.3) is 0 Å². The average Bonchev–Trinajstić information content (AvgIpc) is 2.81. The number of nitrogens with one attached hydrogen (secondary N) is 1. The van der Waals surface area contributed by atoms with Crippen molar-refractivity contribution in [2.24, 2.45) is 0 Å². The first-order chi connectivity index (χ1) is 9.60. The van der Waals surface area contributed by atoms with Gasteiger partial charge in [-0.05, 0) is 12.1 Å². The maximum atomic E-state index is 12.3. The zero-order valence-corrected chi connectivity index (χ0v) is 12.0. The second kappa shape index (κ2) is 6.71. The Balaban J connectivity index is 2.10. The summed E-state index contributed by atoms with van der Waals surface area (Å²) < 4.78 is 13.8. The van der Waals surface area contributed by atoms with E-state index in [1.165, 1.54) is 4.68 Å². The van der Waals surface area contributed by atoms with Gasteiger partial charge in [0.05, 0.1) is 23.8 Å². The van der Waals surface area contributed by atoms with Gasteiger partial charge >= 0.3 is 0 Å². The molecule has 2 rings (SSSR count). The highest BCUT2D eigenvalue weighted by Crippen LogP contribution is 2.22. The molecule has 5 nitrogen and oxygen atoms in total. The van der Waals surface area contributed by atoms with Crippen LogP contribution in [-0.4, -0.2) is 32.6 Å². The zero-order chi connectivity index (χ0) is 14.5. The van der Waals surface area contributed by atoms with Gasteiger partial charge in [-0.15, -0.1) is 0 Å². The lowest BCUT2D eigenvalue weighted by Gasteiger charge is -2.05. The number of nitrogens with zero attached hydrogens (tertiary/aromatic N) is 3. The van der Waals surface area contributed by atoms with Crippen LogP contribution in [0.2, 0.25) is 5.15 Å². The average molecular weight is 315 g/mol. The summed E-state index contributed by atoms with van der Waals surface area (Å²) in [7, 11) is 0. The topological polar surface area (TPSA) is 59.8 Å². The van der Waals surface area contributed by atoms with Crippen molar-refractivity contribution in [2.75, 3.05) is 12.0 Å². The van der Waals surface area contributed by atoms with Crippen molar-refractivity contribution >= 4 is 35.8 Å². The fourth-order valence-electron chi connectivity index (χ4n) is 1.53. The molecule has 2 aromatic rings. The molecule has 0 bridgehead atoms. The maximum Gasteiger partial charge on any atom is 0.225 e. The quantitative estimate of drug-likeness (QED) is 0.834. The molecule has 20 heavy (non-hydrogen) atoms. The number of aromatic nitrogens is 3. The highest BCUT2D eigenvalue weighted by molar-refractivity contribution is 7.81. The van der Waals surface area contributed by atoms with E-state index < -0.39 is 11.9 Å². The number of amides is 1. The van der Waals surface area contributed by atoms with Crippen LogP contribution in [0.1, 0.15) is 6.42 Å². The maximum absolute atomic E-state index is 12.3. The largest absolute Gasteiger partial charge is 0.322 e. The minimum absolute atomic E-state index is 0.0337. The molecule has 1 amide bonds. The molecule has 0 aromatic carbocycles. The third kappa shape index (κ3) is 3.71. The number of alkyl halides is 1. The number of rotatable bonds is 5. The van der Waals surface area contributed by atoms with Crippen LogP contribution in [0.4, 0.5) is 10.1 Å². The molecule has 0 saturated heterocycles. The Labute approximate surface area is 125 Å². The predicted octanol–water partition coefficient (Wildman–Crippen LogP) is 2.52. The van der Waals surface area contributed by atoms with E-state index in [4.69, 9.17) is 11.6 Å². The van der Waals surface area contributed by atoms with Crippen molar-refractivity contribution in [1.29, 1.82) is 0 Å². The van der Waals surface area contributed by atoms with Gasteiger partial charge in [0.15, 0.2) is 5.15 Å². The standard InChI is InChI=1S/C12H12ClFN4OS/c13-12-10(16-11(19)4-9(20)5-14)7-18(17-12)8-2-1-3-15-6-8/h1-3,6-7,9,20H,4-5H2,(H,16,19). The molecule has 1 atom stereocenters. The van der Waals surface area contributed by atoms with Crippen LogP contribution in [0.15, 0.2) is 30.7 Å². The lowest BCUT2D eigenvalue weighted by atomic mass is 10.3. The highest BCUT2D eigenvalue weighted by atomic mass is 35.5. The molecule has 106 valence electrons. The normalized spacial score (nSPS) is 12.2. The highest BCUT2D eigenvalue weighted by Gasteiger charge is 2.14. The van der Waals surface area contributed by atoms with Crippen LogP contribution >= 0.6 is 24.2 Å². The molecule has 0 spiro atoms. The monoisotopic (exact) mass is 314 g/mol. The fourth-order valence-corrected chi connectivity index (χ4v) is 1.87. The lowest BCUT2D eigenvalue weighted by Crippen LogP contribution is -2.17. The van der Waals surface area contributed by atoms with E-state index in [0.29, 0.717) is 11.4 Å². The smallest absolute Gasteiger partial charge is 0.225 e. The van der Waals surface area contributed by atoms with Crippen molar-refractivity contribution in [2.45, 2.75) is 11.7 Å². The third-order valence-corrected chi connectivity index (χ3v) is 3.05. The van der Waals surface area contributed by atoms with Crippen molar-refractivity contribution in [3.05, 3.63) is 35.9 Å². The van der Waals surface area contributed by atoms with Crippen LogP contribution in [0.5, 0.6) is 0 Å². The summed E-state index contributed by atoms with van der Waals surface area (Å²) in [6.45, 7) is -0.667. The van der Waals surface area contributed by atoms with Gasteiger partial charge in [0.1, 0.15) is 6.67 Å². The van der Waals surface area contributed by atoms with E-state index in [-0.39, 0.29) is 17.5 Å². The summed E-state index contributed by atoms with van der Waals surface area (Å²) in [6, 6.07) is 3.56. The lowest BCUT2D eigenvalue weighted by molar-refractivity contribution is -0.116. The number of carbonyl (C=O) groups excluding carboxylic acids is 1. The SMILES string of the molecule is O=C(CC(S)CF)Nc1cn(-c2cccnc2)nc1Cl. The van der Waals surface area contributed by atoms with E-state index >= 15 is 0 Å². The van der Waals surface area contributed by atoms with Gasteiger partial charge in [-0.2, -0.15) is 17.7 Å². The number of thiol groups is 1. The molecule has 1 N–H and O–H groups in total. The van der Waals surface area contributed by atoms with Crippen LogP contribution < -0.4 is 5.32 Å². The van der Waals surface area contributed by atoms with Crippen LogP contribution in [0.25, 0.3) is 5.69 Å². The number of hydrogen-bond donors (Lipinski definition) is 2. The van der Waals surface area contributed by atoms with Gasteiger partial charge < -0.3 is 5.32 Å². The Morgan fingerprint density at radius 2 is 2.40 bits per heavy atom. The van der Waals surface area contributed by atoms with E-state index in [1.807, 2.05) is 0 Å². The van der Waals surface area contributed by atoms with Crippen molar-refractivity contribution in [3.63, 3.8) is 0 Å². The van der Waals surface area contributed by atoms with Gasteiger partial charge in [0, 0.05) is 17.9 Å². The van der Waals surface area contributed by atoms with Crippen molar-refractivity contribution in [1.82, 2.24) is 14.8 Å². The van der Waals surface area contributed by atoms with E-state index in [9.17, 15) is 9.18 Å². The summed E-state index contributed by atoms with van der Waals surface area (Å²) in [6.07, 6.45) is 4.79. The van der Waals surface area contributed by atoms with Crippen LogP contribution in [-0.2, 0) is 4.79 Å². The summed E-state index contributed by atoms with van der Waals surface area (Å²) in [5.41, 5.74) is 1.07. The molecular formula is C12H12ClFN4OS. The molecule has 2 aromatic heterocycles. The number of hydrogen-bond acceptors (Lipinski definition) is 4. The van der Waals surface area contributed by atoms with Gasteiger partial charge in [-0.25, -0.2) is 9.07 Å². The summed E-state index contributed by atoms with van der Waals surface area (Å²) >= 11 is 9.88. The molecule has 0 fully saturated rings. The second-order valence-electron chi connectivity index (χ2n) is 4.05. The summed E-state index contributed by atoms with van der Waals surface area (Å²) in [5.74, 6) is -0.365. The third-order valence-electron chi connectivity index (χ3n) is 2.45.